The summed E-state index contributed by atoms with van der Waals surface area (Å²) in [5.41, 5.74) is -0.629. The highest BCUT2D eigenvalue weighted by molar-refractivity contribution is 5.98. The molecule has 1 heterocycles. The topological polar surface area (TPSA) is 49.4 Å². The van der Waals surface area contributed by atoms with E-state index in [9.17, 15) is 9.59 Å². The van der Waals surface area contributed by atoms with Gasteiger partial charge in [-0.05, 0) is 32.1 Å². The minimum Gasteiger partial charge on any atom is -0.340 e. The number of unbranched alkanes of at least 4 members (excludes halogenated alkanes) is 6. The third kappa shape index (κ3) is 4.21. The normalized spacial score (nSPS) is 26.1. The van der Waals surface area contributed by atoms with E-state index < -0.39 is 5.54 Å². The molecule has 1 N–H and O–H groups in total. The molecule has 0 aromatic rings. The Morgan fingerprint density at radius 3 is 2.33 bits per heavy atom. The Kier molecular flexibility index (Phi) is 5.65. The summed E-state index contributed by atoms with van der Waals surface area (Å²) in [6.07, 6.45) is 10.8. The van der Waals surface area contributed by atoms with Crippen molar-refractivity contribution in [3.8, 4) is 0 Å². The van der Waals surface area contributed by atoms with Crippen LogP contribution in [0.3, 0.4) is 0 Å². The Morgan fingerprint density at radius 1 is 1.10 bits per heavy atom. The van der Waals surface area contributed by atoms with Crippen molar-refractivity contribution in [3.05, 3.63) is 0 Å². The summed E-state index contributed by atoms with van der Waals surface area (Å²) in [6, 6.07) is 0. The van der Waals surface area contributed by atoms with E-state index in [-0.39, 0.29) is 18.4 Å². The van der Waals surface area contributed by atoms with Gasteiger partial charge in [0.1, 0.15) is 5.54 Å². The van der Waals surface area contributed by atoms with E-state index in [1.54, 1.807) is 4.90 Å². The molecule has 1 atom stereocenters. The third-order valence-electron chi connectivity index (χ3n) is 4.89. The molecule has 0 aromatic carbocycles. The number of hydrogen-bond acceptors (Lipinski definition) is 2. The van der Waals surface area contributed by atoms with Crippen molar-refractivity contribution in [2.24, 2.45) is 5.92 Å². The summed E-state index contributed by atoms with van der Waals surface area (Å²) in [5, 5.41) is 2.93. The van der Waals surface area contributed by atoms with Crippen molar-refractivity contribution in [1.29, 1.82) is 0 Å². The van der Waals surface area contributed by atoms with E-state index in [2.05, 4.69) is 12.2 Å². The van der Waals surface area contributed by atoms with Crippen molar-refractivity contribution >= 4 is 11.8 Å². The molecule has 120 valence electrons. The molecule has 4 heteroatoms. The molecule has 1 saturated heterocycles. The van der Waals surface area contributed by atoms with Crippen LogP contribution in [0, 0.1) is 5.92 Å². The van der Waals surface area contributed by atoms with Crippen LogP contribution in [0.1, 0.15) is 71.6 Å². The summed E-state index contributed by atoms with van der Waals surface area (Å²) in [7, 11) is 0. The molecule has 2 amide bonds. The monoisotopic (exact) mass is 294 g/mol. The maximum atomic E-state index is 12.6. The number of nitrogens with zero attached hydrogens (tertiary/aromatic N) is 1. The van der Waals surface area contributed by atoms with E-state index in [1.165, 1.54) is 32.1 Å². The van der Waals surface area contributed by atoms with Crippen molar-refractivity contribution in [3.63, 3.8) is 0 Å². The smallest absolute Gasteiger partial charge is 0.248 e. The number of hydrogen-bond donors (Lipinski definition) is 1. The lowest BCUT2D eigenvalue weighted by atomic mass is 9.91. The van der Waals surface area contributed by atoms with E-state index in [0.29, 0.717) is 5.92 Å². The molecule has 2 aliphatic rings. The van der Waals surface area contributed by atoms with Crippen LogP contribution < -0.4 is 5.32 Å². The molecule has 21 heavy (non-hydrogen) atoms. The second-order valence-electron chi connectivity index (χ2n) is 6.87. The van der Waals surface area contributed by atoms with Gasteiger partial charge in [0.15, 0.2) is 0 Å². The van der Waals surface area contributed by atoms with Crippen LogP contribution in [0.5, 0.6) is 0 Å². The molecular formula is C17H30N2O2. The molecular weight excluding hydrogens is 264 g/mol. The molecule has 1 aliphatic heterocycles. The molecule has 0 spiro atoms. The number of amides is 2. The van der Waals surface area contributed by atoms with Crippen LogP contribution in [0.25, 0.3) is 0 Å². The van der Waals surface area contributed by atoms with Gasteiger partial charge in [-0.25, -0.2) is 0 Å². The van der Waals surface area contributed by atoms with Gasteiger partial charge in [0.05, 0.1) is 6.54 Å². The third-order valence-corrected chi connectivity index (χ3v) is 4.89. The summed E-state index contributed by atoms with van der Waals surface area (Å²) < 4.78 is 0. The lowest BCUT2D eigenvalue weighted by Crippen LogP contribution is -2.66. The predicted molar refractivity (Wildman–Crippen MR) is 83.8 cm³/mol. The number of carbonyl (C=O) groups is 2. The lowest BCUT2D eigenvalue weighted by Gasteiger charge is -2.40. The maximum Gasteiger partial charge on any atom is 0.248 e. The van der Waals surface area contributed by atoms with Crippen LogP contribution in [-0.2, 0) is 9.59 Å². The van der Waals surface area contributed by atoms with Crippen molar-refractivity contribution in [2.45, 2.75) is 77.2 Å². The van der Waals surface area contributed by atoms with Gasteiger partial charge in [-0.2, -0.15) is 0 Å². The molecule has 0 radical (unpaired) electrons. The highest BCUT2D eigenvalue weighted by Crippen LogP contribution is 2.41. The largest absolute Gasteiger partial charge is 0.340 e. The Hall–Kier alpha value is -1.06. The summed E-state index contributed by atoms with van der Waals surface area (Å²) in [6.45, 7) is 5.12. The quantitative estimate of drug-likeness (QED) is 0.665. The van der Waals surface area contributed by atoms with E-state index in [1.807, 2.05) is 6.92 Å². The second-order valence-corrected chi connectivity index (χ2v) is 6.87. The molecule has 1 unspecified atom stereocenters. The zero-order valence-corrected chi connectivity index (χ0v) is 13.6. The van der Waals surface area contributed by atoms with Gasteiger partial charge in [-0.3, -0.25) is 9.59 Å². The Balaban J connectivity index is 1.72. The lowest BCUT2D eigenvalue weighted by molar-refractivity contribution is -0.150. The van der Waals surface area contributed by atoms with Gasteiger partial charge < -0.3 is 10.2 Å². The molecule has 4 nitrogen and oxygen atoms in total. The molecule has 2 fully saturated rings. The van der Waals surface area contributed by atoms with Crippen LogP contribution >= 0.6 is 0 Å². The maximum absolute atomic E-state index is 12.6. The van der Waals surface area contributed by atoms with Gasteiger partial charge in [0, 0.05) is 6.54 Å². The Labute approximate surface area is 128 Å². The van der Waals surface area contributed by atoms with Crippen LogP contribution in [0.4, 0.5) is 0 Å². The zero-order valence-electron chi connectivity index (χ0n) is 13.6. The average Bonchev–Trinajstić information content (AvgIpc) is 3.27. The first-order chi connectivity index (χ1) is 10.1. The van der Waals surface area contributed by atoms with Gasteiger partial charge in [-0.15, -0.1) is 0 Å². The fourth-order valence-electron chi connectivity index (χ4n) is 3.33. The minimum atomic E-state index is -0.629. The first-order valence-electron chi connectivity index (χ1n) is 8.68. The van der Waals surface area contributed by atoms with Crippen molar-refractivity contribution in [2.75, 3.05) is 13.1 Å². The standard InChI is InChI=1S/C17H30N2O2/c1-3-4-5-6-7-8-9-12-19-13-15(20)18-17(2,16(19)21)14-10-11-14/h14H,3-13H2,1-2H3,(H,18,20). The van der Waals surface area contributed by atoms with E-state index in [0.717, 1.165) is 32.2 Å². The highest BCUT2D eigenvalue weighted by atomic mass is 16.2. The molecule has 1 aliphatic carbocycles. The second kappa shape index (κ2) is 7.28. The van der Waals surface area contributed by atoms with Crippen LogP contribution in [0.15, 0.2) is 0 Å². The van der Waals surface area contributed by atoms with Gasteiger partial charge in [-0.1, -0.05) is 45.4 Å². The Morgan fingerprint density at radius 2 is 1.71 bits per heavy atom. The molecule has 0 aromatic heterocycles. The predicted octanol–water partition coefficient (Wildman–Crippen LogP) is 2.86. The van der Waals surface area contributed by atoms with Crippen LogP contribution in [0.2, 0.25) is 0 Å². The fraction of sp³-hybridized carbons (Fsp3) is 0.882. The first kappa shape index (κ1) is 16.3. The number of piperazine rings is 1. The first-order valence-corrected chi connectivity index (χ1v) is 8.68. The average molecular weight is 294 g/mol. The van der Waals surface area contributed by atoms with Gasteiger partial charge >= 0.3 is 0 Å². The van der Waals surface area contributed by atoms with Crippen molar-refractivity contribution in [1.82, 2.24) is 10.2 Å². The molecule has 2 rings (SSSR count). The number of rotatable bonds is 9. The molecule has 0 bridgehead atoms. The number of carbonyl (C=O) groups excluding carboxylic acids is 2. The number of nitrogens with one attached hydrogen (secondary N) is 1. The summed E-state index contributed by atoms with van der Waals surface area (Å²) in [4.78, 5) is 26.2. The minimum absolute atomic E-state index is 0.00643. The Bertz CT molecular complexity index is 379. The van der Waals surface area contributed by atoms with Crippen molar-refractivity contribution < 1.29 is 9.59 Å². The van der Waals surface area contributed by atoms with Gasteiger partial charge in [0.2, 0.25) is 11.8 Å². The van der Waals surface area contributed by atoms with Gasteiger partial charge in [0.25, 0.3) is 0 Å². The highest BCUT2D eigenvalue weighted by Gasteiger charge is 2.52. The fourth-order valence-corrected chi connectivity index (χ4v) is 3.33. The van der Waals surface area contributed by atoms with Crippen LogP contribution in [-0.4, -0.2) is 35.3 Å². The SMILES string of the molecule is CCCCCCCCCN1CC(=O)NC(C)(C2CC2)C1=O. The molecule has 1 saturated carbocycles. The zero-order chi connectivity index (χ0) is 15.3. The summed E-state index contributed by atoms with van der Waals surface area (Å²) >= 11 is 0. The summed E-state index contributed by atoms with van der Waals surface area (Å²) in [5.74, 6) is 0.494. The van der Waals surface area contributed by atoms with E-state index >= 15 is 0 Å². The van der Waals surface area contributed by atoms with E-state index in [4.69, 9.17) is 0 Å².